The number of hydrogen-bond donors (Lipinski definition) is 1. The number of fused-ring (bicyclic) bond motifs is 1. The highest BCUT2D eigenvalue weighted by Gasteiger charge is 2.15. The van der Waals surface area contributed by atoms with Gasteiger partial charge in [-0.1, -0.05) is 36.4 Å². The summed E-state index contributed by atoms with van der Waals surface area (Å²) in [6.45, 7) is 3.71. The van der Waals surface area contributed by atoms with Gasteiger partial charge in [0.15, 0.2) is 0 Å². The third kappa shape index (κ3) is 1.31. The van der Waals surface area contributed by atoms with E-state index in [1.54, 1.807) is 0 Å². The quantitative estimate of drug-likeness (QED) is 0.679. The fraction of sp³-hybridized carbons (Fsp3) is 0.167. The van der Waals surface area contributed by atoms with Gasteiger partial charge in [0.25, 0.3) is 0 Å². The maximum Gasteiger partial charge on any atom is 0.0980 e. The van der Waals surface area contributed by atoms with Gasteiger partial charge in [0.05, 0.1) is 6.10 Å². The van der Waals surface area contributed by atoms with Crippen LogP contribution in [0.1, 0.15) is 22.8 Å². The van der Waals surface area contributed by atoms with Gasteiger partial charge in [0.2, 0.25) is 0 Å². The topological polar surface area (TPSA) is 20.2 Å². The number of allylic oxidation sites excluding steroid dienone is 1. The molecular formula is C12H12O. The molecule has 1 heteroatoms. The Hall–Kier alpha value is -1.34. The average Bonchev–Trinajstić information content (AvgIpc) is 2.50. The average molecular weight is 172 g/mol. The normalized spacial score (nSPS) is 18.7. The predicted molar refractivity (Wildman–Crippen MR) is 54.3 cm³/mol. The first-order valence-corrected chi connectivity index (χ1v) is 4.42. The molecular weight excluding hydrogens is 160 g/mol. The van der Waals surface area contributed by atoms with Gasteiger partial charge in [-0.2, -0.15) is 0 Å². The predicted octanol–water partition coefficient (Wildman–Crippen LogP) is 2.48. The Labute approximate surface area is 78.0 Å². The summed E-state index contributed by atoms with van der Waals surface area (Å²) < 4.78 is 0. The largest absolute Gasteiger partial charge is 0.384 e. The molecule has 0 aromatic heterocycles. The van der Waals surface area contributed by atoms with E-state index in [4.69, 9.17) is 0 Å². The molecule has 0 bridgehead atoms. The van der Waals surface area contributed by atoms with Gasteiger partial charge in [-0.3, -0.25) is 0 Å². The molecule has 0 saturated heterocycles. The van der Waals surface area contributed by atoms with Crippen molar-refractivity contribution in [3.63, 3.8) is 0 Å². The first kappa shape index (κ1) is 8.27. The molecule has 0 aliphatic heterocycles. The van der Waals surface area contributed by atoms with Crippen molar-refractivity contribution < 1.29 is 5.11 Å². The van der Waals surface area contributed by atoms with Crippen LogP contribution in [-0.4, -0.2) is 5.11 Å². The van der Waals surface area contributed by atoms with Crippen molar-refractivity contribution in [3.05, 3.63) is 53.6 Å². The van der Waals surface area contributed by atoms with Crippen LogP contribution in [0, 0.1) is 0 Å². The van der Waals surface area contributed by atoms with Crippen molar-refractivity contribution >= 4 is 6.08 Å². The van der Waals surface area contributed by atoms with Crippen LogP contribution in [0.5, 0.6) is 0 Å². The summed E-state index contributed by atoms with van der Waals surface area (Å²) in [5.41, 5.74) is 3.41. The molecule has 1 nitrogen and oxygen atoms in total. The summed E-state index contributed by atoms with van der Waals surface area (Å²) in [4.78, 5) is 0. The molecule has 1 aliphatic carbocycles. The van der Waals surface area contributed by atoms with E-state index in [1.165, 1.54) is 5.56 Å². The summed E-state index contributed by atoms with van der Waals surface area (Å²) in [7, 11) is 0. The van der Waals surface area contributed by atoms with Crippen molar-refractivity contribution in [2.45, 2.75) is 12.5 Å². The Morgan fingerprint density at radius 3 is 3.08 bits per heavy atom. The minimum Gasteiger partial charge on any atom is -0.384 e. The van der Waals surface area contributed by atoms with Gasteiger partial charge < -0.3 is 5.11 Å². The standard InChI is InChI=1S/C12H12O/c1-2-4-9-5-3-6-11-10(9)7-8-12(11)13/h2-3,5-8,12-13H,1,4H2. The van der Waals surface area contributed by atoms with Crippen LogP contribution in [-0.2, 0) is 6.42 Å². The number of rotatable bonds is 2. The molecule has 1 aromatic carbocycles. The fourth-order valence-corrected chi connectivity index (χ4v) is 1.72. The molecule has 1 aromatic rings. The van der Waals surface area contributed by atoms with Crippen LogP contribution >= 0.6 is 0 Å². The molecule has 1 aliphatic rings. The third-order valence-corrected chi connectivity index (χ3v) is 2.36. The van der Waals surface area contributed by atoms with Crippen molar-refractivity contribution in [2.24, 2.45) is 0 Å². The zero-order valence-corrected chi connectivity index (χ0v) is 7.40. The van der Waals surface area contributed by atoms with E-state index >= 15 is 0 Å². The molecule has 1 atom stereocenters. The molecule has 13 heavy (non-hydrogen) atoms. The highest BCUT2D eigenvalue weighted by molar-refractivity contribution is 5.65. The van der Waals surface area contributed by atoms with E-state index in [1.807, 2.05) is 30.4 Å². The first-order valence-electron chi connectivity index (χ1n) is 4.42. The van der Waals surface area contributed by atoms with E-state index in [2.05, 4.69) is 12.6 Å². The Morgan fingerprint density at radius 2 is 2.31 bits per heavy atom. The van der Waals surface area contributed by atoms with Crippen LogP contribution in [0.3, 0.4) is 0 Å². The van der Waals surface area contributed by atoms with Crippen molar-refractivity contribution in [1.29, 1.82) is 0 Å². The number of hydrogen-bond acceptors (Lipinski definition) is 1. The van der Waals surface area contributed by atoms with Gasteiger partial charge >= 0.3 is 0 Å². The van der Waals surface area contributed by atoms with E-state index < -0.39 is 6.10 Å². The lowest BCUT2D eigenvalue weighted by Gasteiger charge is -2.07. The van der Waals surface area contributed by atoms with Crippen LogP contribution < -0.4 is 0 Å². The summed E-state index contributed by atoms with van der Waals surface area (Å²) in [5.74, 6) is 0. The van der Waals surface area contributed by atoms with Crippen LogP contribution in [0.25, 0.3) is 6.08 Å². The second-order valence-corrected chi connectivity index (χ2v) is 3.22. The molecule has 0 heterocycles. The second-order valence-electron chi connectivity index (χ2n) is 3.22. The Morgan fingerprint density at radius 1 is 1.46 bits per heavy atom. The summed E-state index contributed by atoms with van der Waals surface area (Å²) in [5, 5.41) is 9.56. The summed E-state index contributed by atoms with van der Waals surface area (Å²) in [6, 6.07) is 6.02. The smallest absolute Gasteiger partial charge is 0.0980 e. The first-order chi connectivity index (χ1) is 6.33. The van der Waals surface area contributed by atoms with E-state index in [0.29, 0.717) is 0 Å². The molecule has 1 N–H and O–H groups in total. The van der Waals surface area contributed by atoms with Gasteiger partial charge in [0, 0.05) is 0 Å². The van der Waals surface area contributed by atoms with Crippen LogP contribution in [0.2, 0.25) is 0 Å². The zero-order chi connectivity index (χ0) is 9.26. The highest BCUT2D eigenvalue weighted by Crippen LogP contribution is 2.30. The van der Waals surface area contributed by atoms with Crippen molar-refractivity contribution in [3.8, 4) is 0 Å². The van der Waals surface area contributed by atoms with Crippen LogP contribution in [0.15, 0.2) is 36.9 Å². The maximum absolute atomic E-state index is 9.56. The van der Waals surface area contributed by atoms with Crippen LogP contribution in [0.4, 0.5) is 0 Å². The summed E-state index contributed by atoms with van der Waals surface area (Å²) in [6.07, 6.45) is 6.13. The lowest BCUT2D eigenvalue weighted by atomic mass is 10.0. The molecule has 0 spiro atoms. The molecule has 2 rings (SSSR count). The van der Waals surface area contributed by atoms with Crippen molar-refractivity contribution in [1.82, 2.24) is 0 Å². The van der Waals surface area contributed by atoms with E-state index in [9.17, 15) is 5.11 Å². The fourth-order valence-electron chi connectivity index (χ4n) is 1.72. The molecule has 0 fully saturated rings. The van der Waals surface area contributed by atoms with E-state index in [0.717, 1.165) is 17.5 Å². The number of aliphatic hydroxyl groups is 1. The SMILES string of the molecule is C=CCc1cccc2c1C=CC2O. The Bertz CT molecular complexity index is 363. The van der Waals surface area contributed by atoms with Gasteiger partial charge in [-0.05, 0) is 23.1 Å². The molecule has 0 saturated carbocycles. The zero-order valence-electron chi connectivity index (χ0n) is 7.40. The van der Waals surface area contributed by atoms with Gasteiger partial charge in [-0.25, -0.2) is 0 Å². The lowest BCUT2D eigenvalue weighted by Crippen LogP contribution is -1.93. The lowest BCUT2D eigenvalue weighted by molar-refractivity contribution is 0.232. The second kappa shape index (κ2) is 3.19. The molecule has 0 radical (unpaired) electrons. The number of benzene rings is 1. The van der Waals surface area contributed by atoms with Gasteiger partial charge in [-0.15, -0.1) is 6.58 Å². The molecule has 66 valence electrons. The van der Waals surface area contributed by atoms with E-state index in [-0.39, 0.29) is 0 Å². The summed E-state index contributed by atoms with van der Waals surface area (Å²) >= 11 is 0. The number of aliphatic hydroxyl groups excluding tert-OH is 1. The minimum atomic E-state index is -0.417. The highest BCUT2D eigenvalue weighted by atomic mass is 16.3. The minimum absolute atomic E-state index is 0.417. The maximum atomic E-state index is 9.56. The van der Waals surface area contributed by atoms with Gasteiger partial charge in [0.1, 0.15) is 0 Å². The Kier molecular flexibility index (Phi) is 2.03. The third-order valence-electron chi connectivity index (χ3n) is 2.36. The Balaban J connectivity index is 2.49. The van der Waals surface area contributed by atoms with Crippen molar-refractivity contribution in [2.75, 3.05) is 0 Å². The monoisotopic (exact) mass is 172 g/mol. The molecule has 0 amide bonds. The molecule has 1 unspecified atom stereocenters.